The highest BCUT2D eigenvalue weighted by Gasteiger charge is 2.17. The Morgan fingerprint density at radius 2 is 1.85 bits per heavy atom. The molecule has 0 aromatic heterocycles. The highest BCUT2D eigenvalue weighted by molar-refractivity contribution is 5.35. The van der Waals surface area contributed by atoms with Crippen LogP contribution in [0.15, 0.2) is 59.3 Å². The molecule has 27 heavy (non-hydrogen) atoms. The van der Waals surface area contributed by atoms with E-state index in [1.807, 2.05) is 0 Å². The summed E-state index contributed by atoms with van der Waals surface area (Å²) in [5.74, 6) is 0.673. The predicted octanol–water partition coefficient (Wildman–Crippen LogP) is 9.02. The Morgan fingerprint density at radius 3 is 2.70 bits per heavy atom. The number of rotatable bonds is 12. The van der Waals surface area contributed by atoms with Crippen LogP contribution in [-0.2, 0) is 0 Å². The van der Waals surface area contributed by atoms with Crippen molar-refractivity contribution in [3.8, 4) is 0 Å². The molecule has 0 heteroatoms. The van der Waals surface area contributed by atoms with Crippen molar-refractivity contribution in [1.29, 1.82) is 0 Å². The van der Waals surface area contributed by atoms with Gasteiger partial charge in [-0.3, -0.25) is 0 Å². The lowest BCUT2D eigenvalue weighted by molar-refractivity contribution is 0.557. The number of allylic oxidation sites excluding steroid dienone is 9. The molecule has 2 aliphatic rings. The Balaban J connectivity index is 1.58. The molecule has 0 saturated heterocycles. The fourth-order valence-corrected chi connectivity index (χ4v) is 4.31. The van der Waals surface area contributed by atoms with Crippen LogP contribution in [0.3, 0.4) is 0 Å². The molecule has 0 amide bonds. The quantitative estimate of drug-likeness (QED) is 0.183. The molecular weight excluding hydrogens is 324 g/mol. The van der Waals surface area contributed by atoms with E-state index in [0.717, 1.165) is 6.42 Å². The molecule has 0 N–H and O–H groups in total. The maximum atomic E-state index is 4.40. The number of hydrogen-bond donors (Lipinski definition) is 0. The van der Waals surface area contributed by atoms with E-state index in [1.165, 1.54) is 89.0 Å². The Labute approximate surface area is 169 Å². The fourth-order valence-electron chi connectivity index (χ4n) is 4.31. The lowest BCUT2D eigenvalue weighted by Crippen LogP contribution is -2.06. The van der Waals surface area contributed by atoms with Gasteiger partial charge in [0.1, 0.15) is 0 Å². The zero-order valence-corrected chi connectivity index (χ0v) is 18.1. The van der Waals surface area contributed by atoms with Gasteiger partial charge in [-0.05, 0) is 95.0 Å². The first-order valence-corrected chi connectivity index (χ1v) is 11.6. The van der Waals surface area contributed by atoms with Crippen LogP contribution in [0.1, 0.15) is 104 Å². The molecular formula is C27H42. The summed E-state index contributed by atoms with van der Waals surface area (Å²) >= 11 is 0. The van der Waals surface area contributed by atoms with Crippen molar-refractivity contribution in [2.45, 2.75) is 104 Å². The maximum Gasteiger partial charge on any atom is -0.0231 e. The largest absolute Gasteiger partial charge is 0.0996 e. The van der Waals surface area contributed by atoms with E-state index in [2.05, 4.69) is 50.8 Å². The molecule has 2 aliphatic carbocycles. The van der Waals surface area contributed by atoms with Crippen molar-refractivity contribution in [1.82, 2.24) is 0 Å². The van der Waals surface area contributed by atoms with Crippen LogP contribution in [0.25, 0.3) is 0 Å². The predicted molar refractivity (Wildman–Crippen MR) is 122 cm³/mol. The van der Waals surface area contributed by atoms with Crippen LogP contribution in [-0.4, -0.2) is 0 Å². The Hall–Kier alpha value is -1.30. The zero-order valence-electron chi connectivity index (χ0n) is 18.1. The average molecular weight is 367 g/mol. The third-order valence-corrected chi connectivity index (χ3v) is 6.34. The second kappa shape index (κ2) is 13.0. The van der Waals surface area contributed by atoms with Gasteiger partial charge in [0.2, 0.25) is 0 Å². The van der Waals surface area contributed by atoms with Gasteiger partial charge in [-0.15, -0.1) is 0 Å². The first kappa shape index (κ1) is 22.0. The Morgan fingerprint density at radius 1 is 1.04 bits per heavy atom. The topological polar surface area (TPSA) is 0 Å². The Kier molecular flexibility index (Phi) is 10.6. The number of hydrogen-bond acceptors (Lipinski definition) is 0. The fraction of sp³-hybridized carbons (Fsp3) is 0.630. The third-order valence-electron chi connectivity index (χ3n) is 6.34. The van der Waals surface area contributed by atoms with E-state index in [1.54, 1.807) is 16.7 Å². The second-order valence-electron chi connectivity index (χ2n) is 8.60. The van der Waals surface area contributed by atoms with Gasteiger partial charge in [0, 0.05) is 0 Å². The van der Waals surface area contributed by atoms with E-state index < -0.39 is 0 Å². The molecule has 0 fully saturated rings. The van der Waals surface area contributed by atoms with Gasteiger partial charge in [0.25, 0.3) is 0 Å². The number of unbranched alkanes of at least 4 members (excludes halogenated alkanes) is 3. The third kappa shape index (κ3) is 8.50. The first-order valence-electron chi connectivity index (χ1n) is 11.6. The van der Waals surface area contributed by atoms with Gasteiger partial charge in [0.15, 0.2) is 0 Å². The average Bonchev–Trinajstić information content (AvgIpc) is 2.70. The summed E-state index contributed by atoms with van der Waals surface area (Å²) in [6, 6.07) is 0. The van der Waals surface area contributed by atoms with E-state index >= 15 is 0 Å². The van der Waals surface area contributed by atoms with Gasteiger partial charge < -0.3 is 0 Å². The standard InChI is InChI=1S/C27H42/c1-4-5-6-7-8-9-10-11-12-15-23(2)24(3)18-19-25-20-21-26-16-13-14-17-27(26)22-25/h5-8,22,24H,2,4,9-21H2,1,3H3/b6-5-,8-7-/t24-/m1/s1. The molecule has 0 aromatic carbocycles. The summed E-state index contributed by atoms with van der Waals surface area (Å²) in [6.07, 6.45) is 29.7. The first-order chi connectivity index (χ1) is 13.2. The van der Waals surface area contributed by atoms with Gasteiger partial charge in [0.05, 0.1) is 0 Å². The normalized spacial score (nSPS) is 18.8. The molecule has 0 unspecified atom stereocenters. The molecule has 150 valence electrons. The van der Waals surface area contributed by atoms with Gasteiger partial charge in [-0.2, -0.15) is 0 Å². The molecule has 0 nitrogen and oxygen atoms in total. The minimum atomic E-state index is 0.673. The summed E-state index contributed by atoms with van der Waals surface area (Å²) < 4.78 is 0. The second-order valence-corrected chi connectivity index (χ2v) is 8.60. The maximum absolute atomic E-state index is 4.40. The van der Waals surface area contributed by atoms with Gasteiger partial charge >= 0.3 is 0 Å². The molecule has 2 rings (SSSR count). The van der Waals surface area contributed by atoms with Crippen molar-refractivity contribution >= 4 is 0 Å². The van der Waals surface area contributed by atoms with Gasteiger partial charge in [-0.1, -0.05) is 73.9 Å². The van der Waals surface area contributed by atoms with E-state index in [4.69, 9.17) is 0 Å². The minimum absolute atomic E-state index is 0.673. The molecule has 0 heterocycles. The monoisotopic (exact) mass is 366 g/mol. The van der Waals surface area contributed by atoms with Crippen LogP contribution >= 0.6 is 0 Å². The molecule has 0 aromatic rings. The zero-order chi connectivity index (χ0) is 19.3. The van der Waals surface area contributed by atoms with Crippen LogP contribution in [0.4, 0.5) is 0 Å². The summed E-state index contributed by atoms with van der Waals surface area (Å²) in [6.45, 7) is 8.96. The summed E-state index contributed by atoms with van der Waals surface area (Å²) in [5, 5.41) is 0. The van der Waals surface area contributed by atoms with E-state index in [0.29, 0.717) is 5.92 Å². The SMILES string of the molecule is C=C(CCCCC/C=C\C=C/CC)[C@H](C)CCC1=CC2=C(CCCC2)CC1. The highest BCUT2D eigenvalue weighted by atomic mass is 14.2. The van der Waals surface area contributed by atoms with E-state index in [-0.39, 0.29) is 0 Å². The van der Waals surface area contributed by atoms with Crippen LogP contribution in [0.2, 0.25) is 0 Å². The molecule has 1 atom stereocenters. The van der Waals surface area contributed by atoms with Crippen molar-refractivity contribution in [2.75, 3.05) is 0 Å². The van der Waals surface area contributed by atoms with Gasteiger partial charge in [-0.25, -0.2) is 0 Å². The molecule has 0 bridgehead atoms. The lowest BCUT2D eigenvalue weighted by Gasteiger charge is -2.25. The summed E-state index contributed by atoms with van der Waals surface area (Å²) in [4.78, 5) is 0. The molecule has 0 spiro atoms. The molecule has 0 radical (unpaired) electrons. The summed E-state index contributed by atoms with van der Waals surface area (Å²) in [7, 11) is 0. The van der Waals surface area contributed by atoms with Crippen molar-refractivity contribution in [3.05, 3.63) is 59.3 Å². The van der Waals surface area contributed by atoms with Crippen molar-refractivity contribution in [2.24, 2.45) is 5.92 Å². The smallest absolute Gasteiger partial charge is 0.0231 e. The van der Waals surface area contributed by atoms with Crippen LogP contribution in [0, 0.1) is 5.92 Å². The minimum Gasteiger partial charge on any atom is -0.0996 e. The molecule has 0 saturated carbocycles. The summed E-state index contributed by atoms with van der Waals surface area (Å²) in [5.41, 5.74) is 6.66. The van der Waals surface area contributed by atoms with E-state index in [9.17, 15) is 0 Å². The van der Waals surface area contributed by atoms with Crippen molar-refractivity contribution in [3.63, 3.8) is 0 Å². The lowest BCUT2D eigenvalue weighted by atomic mass is 9.81. The Bertz CT molecular complexity index is 567. The van der Waals surface area contributed by atoms with Crippen molar-refractivity contribution < 1.29 is 0 Å². The molecule has 0 aliphatic heterocycles. The highest BCUT2D eigenvalue weighted by Crippen LogP contribution is 2.36. The van der Waals surface area contributed by atoms with Crippen LogP contribution in [0.5, 0.6) is 0 Å². The van der Waals surface area contributed by atoms with Crippen LogP contribution < -0.4 is 0 Å².